The fraction of sp³-hybridized carbons (Fsp3) is 0.778. The van der Waals surface area contributed by atoms with Crippen molar-refractivity contribution in [1.82, 2.24) is 0 Å². The molecule has 2 bridgehead atoms. The Hall–Kier alpha value is -0.860. The van der Waals surface area contributed by atoms with Gasteiger partial charge < -0.3 is 0 Å². The molecule has 14 heteroatoms. The Kier molecular flexibility index (Phi) is 4.07. The van der Waals surface area contributed by atoms with Crippen molar-refractivity contribution in [1.29, 1.82) is 0 Å². The first-order chi connectivity index (χ1) is 10.1. The second-order valence-corrected chi connectivity index (χ2v) is 8.05. The van der Waals surface area contributed by atoms with E-state index >= 15 is 0 Å². The van der Waals surface area contributed by atoms with Crippen LogP contribution in [0.2, 0.25) is 0 Å². The molecule has 0 N–H and O–H groups in total. The molecule has 0 aromatic heterocycles. The van der Waals surface area contributed by atoms with Gasteiger partial charge in [0, 0.05) is 12.3 Å². The summed E-state index contributed by atoms with van der Waals surface area (Å²) < 4.78 is 126. The maximum absolute atomic E-state index is 12.4. The van der Waals surface area contributed by atoms with Crippen LogP contribution >= 0.6 is 0 Å². The maximum atomic E-state index is 12.4. The minimum atomic E-state index is -6.37. The smallest absolute Gasteiger partial charge is 0.226 e. The highest BCUT2D eigenvalue weighted by molar-refractivity contribution is 7.88. The van der Waals surface area contributed by atoms with Crippen molar-refractivity contribution in [2.75, 3.05) is 0 Å². The highest BCUT2D eigenvalue weighted by Gasteiger charge is 2.63. The number of fused-ring (bicyclic) bond motifs is 2. The van der Waals surface area contributed by atoms with Crippen molar-refractivity contribution in [3.8, 4) is 0 Å². The fourth-order valence-electron chi connectivity index (χ4n) is 2.44. The zero-order chi connectivity index (χ0) is 17.9. The van der Waals surface area contributed by atoms with Crippen LogP contribution in [0.5, 0.6) is 0 Å². The first kappa shape index (κ1) is 18.5. The summed E-state index contributed by atoms with van der Waals surface area (Å²) in [6.45, 7) is 0. The lowest BCUT2D eigenvalue weighted by atomic mass is 10.0. The molecule has 0 aromatic rings. The van der Waals surface area contributed by atoms with E-state index in [1.54, 1.807) is 0 Å². The van der Waals surface area contributed by atoms with Gasteiger partial charge in [0.2, 0.25) is 5.79 Å². The third kappa shape index (κ3) is 3.21. The molecule has 0 radical (unpaired) electrons. The minimum absolute atomic E-state index is 0.0965. The van der Waals surface area contributed by atoms with Gasteiger partial charge in [-0.15, -0.1) is 0 Å². The van der Waals surface area contributed by atoms with Gasteiger partial charge in [-0.1, -0.05) is 12.2 Å². The number of halogens is 6. The van der Waals surface area contributed by atoms with Crippen molar-refractivity contribution in [2.24, 2.45) is 11.8 Å². The summed E-state index contributed by atoms with van der Waals surface area (Å²) in [6, 6.07) is 0. The van der Waals surface area contributed by atoms with Gasteiger partial charge in [0.25, 0.3) is 0 Å². The summed E-state index contributed by atoms with van der Waals surface area (Å²) in [4.78, 5) is 0. The van der Waals surface area contributed by atoms with E-state index in [2.05, 4.69) is 8.37 Å². The molecule has 0 spiro atoms. The highest BCUT2D eigenvalue weighted by Crippen LogP contribution is 2.52. The lowest BCUT2D eigenvalue weighted by Gasteiger charge is -2.33. The Morgan fingerprint density at radius 3 is 1.57 bits per heavy atom. The van der Waals surface area contributed by atoms with E-state index in [1.807, 2.05) is 0 Å². The predicted molar refractivity (Wildman–Crippen MR) is 60.2 cm³/mol. The van der Waals surface area contributed by atoms with Crippen LogP contribution in [0.25, 0.3) is 0 Å². The fourth-order valence-corrected chi connectivity index (χ4v) is 3.87. The second kappa shape index (κ2) is 5.07. The SMILES string of the molecule is O=S(=O)(OC1(OS(=O)(=O)C(F)(F)F)CC2C=CC1C2)C(F)(F)F. The normalized spacial score (nSPS) is 27.6. The van der Waals surface area contributed by atoms with E-state index in [0.29, 0.717) is 0 Å². The largest absolute Gasteiger partial charge is 0.523 e. The van der Waals surface area contributed by atoms with Crippen molar-refractivity contribution in [2.45, 2.75) is 29.6 Å². The molecule has 2 aliphatic rings. The first-order valence-electron chi connectivity index (χ1n) is 5.82. The summed E-state index contributed by atoms with van der Waals surface area (Å²) in [5, 5.41) is 0. The van der Waals surface area contributed by atoms with E-state index in [9.17, 15) is 43.2 Å². The van der Waals surface area contributed by atoms with Gasteiger partial charge in [0.1, 0.15) is 0 Å². The third-order valence-corrected chi connectivity index (χ3v) is 5.49. The molecule has 1 saturated carbocycles. The first-order valence-corrected chi connectivity index (χ1v) is 8.63. The molecular weight excluding hydrogens is 382 g/mol. The Bertz CT molecular complexity index is 673. The predicted octanol–water partition coefficient (Wildman–Crippen LogP) is 2.01. The molecule has 0 saturated heterocycles. The lowest BCUT2D eigenvalue weighted by Crippen LogP contribution is -2.48. The molecule has 0 amide bonds. The van der Waals surface area contributed by atoms with E-state index in [-0.39, 0.29) is 6.42 Å². The van der Waals surface area contributed by atoms with E-state index < -0.39 is 55.3 Å². The number of hydrogen-bond acceptors (Lipinski definition) is 6. The van der Waals surface area contributed by atoms with Gasteiger partial charge in [-0.2, -0.15) is 43.2 Å². The van der Waals surface area contributed by atoms with Crippen molar-refractivity contribution >= 4 is 20.2 Å². The van der Waals surface area contributed by atoms with Gasteiger partial charge in [-0.05, 0) is 12.3 Å². The van der Waals surface area contributed by atoms with E-state index in [1.165, 1.54) is 6.08 Å². The molecule has 6 nitrogen and oxygen atoms in total. The summed E-state index contributed by atoms with van der Waals surface area (Å²) in [7, 11) is -12.7. The summed E-state index contributed by atoms with van der Waals surface area (Å²) in [5.41, 5.74) is -11.9. The Morgan fingerprint density at radius 2 is 1.30 bits per heavy atom. The summed E-state index contributed by atoms with van der Waals surface area (Å²) in [5.74, 6) is -5.16. The van der Waals surface area contributed by atoms with Crippen LogP contribution in [0.4, 0.5) is 26.3 Å². The topological polar surface area (TPSA) is 86.7 Å². The van der Waals surface area contributed by atoms with E-state index in [0.717, 1.165) is 6.08 Å². The minimum Gasteiger partial charge on any atom is -0.226 e. The van der Waals surface area contributed by atoms with Crippen molar-refractivity contribution in [3.05, 3.63) is 12.2 Å². The van der Waals surface area contributed by atoms with Crippen LogP contribution in [-0.2, 0) is 28.6 Å². The molecule has 23 heavy (non-hydrogen) atoms. The molecule has 134 valence electrons. The average molecular weight is 390 g/mol. The highest BCUT2D eigenvalue weighted by atomic mass is 32.2. The van der Waals surface area contributed by atoms with Gasteiger partial charge in [-0.3, -0.25) is 0 Å². The quantitative estimate of drug-likeness (QED) is 0.240. The van der Waals surface area contributed by atoms with Gasteiger partial charge in [-0.25, -0.2) is 8.37 Å². The van der Waals surface area contributed by atoms with Gasteiger partial charge in [0.15, 0.2) is 0 Å². The van der Waals surface area contributed by atoms with E-state index in [4.69, 9.17) is 0 Å². The molecule has 1 fully saturated rings. The number of rotatable bonds is 4. The molecule has 0 heterocycles. The molecule has 2 atom stereocenters. The number of alkyl halides is 6. The number of hydrogen-bond donors (Lipinski definition) is 0. The lowest BCUT2D eigenvalue weighted by molar-refractivity contribution is -0.155. The molecule has 2 rings (SSSR count). The van der Waals surface area contributed by atoms with Crippen LogP contribution in [0.3, 0.4) is 0 Å². The van der Waals surface area contributed by atoms with Crippen LogP contribution in [0, 0.1) is 11.8 Å². The number of allylic oxidation sites excluding steroid dienone is 1. The molecule has 0 aliphatic heterocycles. The summed E-state index contributed by atoms with van der Waals surface area (Å²) >= 11 is 0. The standard InChI is InChI=1S/C9H8F6O6S2/c10-8(11,12)22(16,17)20-7(4-5-1-2-6(7)3-5)21-23(18,19)9(13,14)15/h1-2,5-6H,3-4H2. The molecule has 0 aromatic carbocycles. The monoisotopic (exact) mass is 390 g/mol. The zero-order valence-corrected chi connectivity index (χ0v) is 12.4. The Labute approximate surface area is 126 Å². The molecule has 2 aliphatic carbocycles. The van der Waals surface area contributed by atoms with Crippen LogP contribution in [0.1, 0.15) is 12.8 Å². The summed E-state index contributed by atoms with van der Waals surface area (Å²) in [6.07, 6.45) is 1.58. The third-order valence-electron chi connectivity index (χ3n) is 3.35. The molecule has 2 unspecified atom stereocenters. The molecular formula is C9H8F6O6S2. The average Bonchev–Trinajstić information content (AvgIpc) is 2.83. The zero-order valence-electron chi connectivity index (χ0n) is 10.8. The van der Waals surface area contributed by atoms with Gasteiger partial charge >= 0.3 is 31.3 Å². The van der Waals surface area contributed by atoms with Gasteiger partial charge in [0.05, 0.1) is 0 Å². The Balaban J connectivity index is 2.43. The maximum Gasteiger partial charge on any atom is 0.523 e. The second-order valence-electron chi connectivity index (χ2n) is 4.97. The van der Waals surface area contributed by atoms with Crippen LogP contribution in [-0.4, -0.2) is 33.6 Å². The van der Waals surface area contributed by atoms with Crippen LogP contribution in [0.15, 0.2) is 12.2 Å². The van der Waals surface area contributed by atoms with Crippen molar-refractivity contribution in [3.63, 3.8) is 0 Å². The Morgan fingerprint density at radius 1 is 0.870 bits per heavy atom. The van der Waals surface area contributed by atoms with Crippen LogP contribution < -0.4 is 0 Å². The van der Waals surface area contributed by atoms with Crippen molar-refractivity contribution < 1.29 is 51.5 Å².